The normalized spacial score (nSPS) is 12.8. The predicted octanol–water partition coefficient (Wildman–Crippen LogP) is 4.45. The first-order chi connectivity index (χ1) is 13.4. The van der Waals surface area contributed by atoms with E-state index in [0.717, 1.165) is 17.4 Å². The third-order valence-corrected chi connectivity index (χ3v) is 7.50. The van der Waals surface area contributed by atoms with Crippen LogP contribution in [0.4, 0.5) is 0 Å². The van der Waals surface area contributed by atoms with Crippen molar-refractivity contribution in [3.63, 3.8) is 0 Å². The van der Waals surface area contributed by atoms with Crippen LogP contribution in [0.2, 0.25) is 0 Å². The average molecular weight is 389 g/mol. The van der Waals surface area contributed by atoms with Crippen molar-refractivity contribution in [1.82, 2.24) is 0 Å². The summed E-state index contributed by atoms with van der Waals surface area (Å²) in [4.78, 5) is 11.2. The van der Waals surface area contributed by atoms with E-state index in [4.69, 9.17) is 4.43 Å². The van der Waals surface area contributed by atoms with Crippen molar-refractivity contribution in [2.75, 3.05) is 0 Å². The smallest absolute Gasteiger partial charge is 0.240 e. The number of benzene rings is 3. The molecule has 0 saturated heterocycles. The van der Waals surface area contributed by atoms with E-state index in [1.54, 1.807) is 0 Å². The summed E-state index contributed by atoms with van der Waals surface area (Å²) < 4.78 is 6.98. The number of carbonyl (C=O) groups excluding carboxylic acids is 1. The Bertz CT molecular complexity index is 875. The molecule has 28 heavy (non-hydrogen) atoms. The molecular formula is C25H28O2Si. The molecule has 0 amide bonds. The predicted molar refractivity (Wildman–Crippen MR) is 119 cm³/mol. The molecule has 0 N–H and O–H groups in total. The van der Waals surface area contributed by atoms with Gasteiger partial charge in [-0.2, -0.15) is 0 Å². The van der Waals surface area contributed by atoms with E-state index in [9.17, 15) is 4.79 Å². The van der Waals surface area contributed by atoms with Gasteiger partial charge in [-0.1, -0.05) is 93.6 Å². The molecular weight excluding hydrogens is 360 g/mol. The fourth-order valence-electron chi connectivity index (χ4n) is 3.55. The second kappa shape index (κ2) is 8.68. The highest BCUT2D eigenvalue weighted by molar-refractivity contribution is 6.80. The van der Waals surface area contributed by atoms with E-state index >= 15 is 0 Å². The van der Waals surface area contributed by atoms with Crippen molar-refractivity contribution in [2.24, 2.45) is 5.41 Å². The van der Waals surface area contributed by atoms with Crippen LogP contribution in [-0.4, -0.2) is 15.3 Å². The molecule has 0 aromatic heterocycles. The highest BCUT2D eigenvalue weighted by atomic mass is 28.3. The average Bonchev–Trinajstić information content (AvgIpc) is 2.69. The van der Waals surface area contributed by atoms with Crippen LogP contribution in [0.3, 0.4) is 0 Å². The molecule has 2 nitrogen and oxygen atoms in total. The Morgan fingerprint density at radius 1 is 0.857 bits per heavy atom. The quantitative estimate of drug-likeness (QED) is 0.461. The lowest BCUT2D eigenvalue weighted by Gasteiger charge is -2.35. The number of rotatable bonds is 6. The lowest BCUT2D eigenvalue weighted by Crippen LogP contribution is -2.47. The number of aryl methyl sites for hydroxylation is 1. The molecule has 0 aliphatic carbocycles. The van der Waals surface area contributed by atoms with Gasteiger partial charge in [-0.3, -0.25) is 4.79 Å². The van der Waals surface area contributed by atoms with Gasteiger partial charge in [0, 0.05) is 5.56 Å². The van der Waals surface area contributed by atoms with Crippen molar-refractivity contribution in [1.29, 1.82) is 0 Å². The Balaban J connectivity index is 2.06. The van der Waals surface area contributed by atoms with Gasteiger partial charge in [-0.15, -0.1) is 0 Å². The van der Waals surface area contributed by atoms with Crippen LogP contribution in [0, 0.1) is 12.3 Å². The Hall–Kier alpha value is -2.49. The van der Waals surface area contributed by atoms with Crippen molar-refractivity contribution < 1.29 is 9.22 Å². The van der Waals surface area contributed by atoms with Gasteiger partial charge in [0.1, 0.15) is 6.29 Å². The molecule has 0 radical (unpaired) electrons. The second-order valence-corrected chi connectivity index (χ2v) is 10.7. The van der Waals surface area contributed by atoms with Gasteiger partial charge in [0.15, 0.2) is 0 Å². The van der Waals surface area contributed by atoms with Crippen LogP contribution in [0.25, 0.3) is 0 Å². The lowest BCUT2D eigenvalue weighted by atomic mass is 9.83. The fourth-order valence-corrected chi connectivity index (χ4v) is 6.22. The zero-order chi connectivity index (χ0) is 20.1. The molecule has 0 fully saturated rings. The number of carbonyl (C=O) groups is 1. The first-order valence-corrected chi connectivity index (χ1v) is 11.3. The first-order valence-electron chi connectivity index (χ1n) is 9.71. The highest BCUT2D eigenvalue weighted by Gasteiger charge is 2.32. The van der Waals surface area contributed by atoms with E-state index in [2.05, 4.69) is 82.3 Å². The molecule has 3 rings (SSSR count). The van der Waals surface area contributed by atoms with Gasteiger partial charge in [-0.05, 0) is 39.9 Å². The minimum Gasteiger partial charge on any atom is -0.403 e. The Morgan fingerprint density at radius 2 is 1.39 bits per heavy atom. The maximum Gasteiger partial charge on any atom is 0.240 e. The van der Waals surface area contributed by atoms with E-state index < -0.39 is 9.04 Å². The zero-order valence-corrected chi connectivity index (χ0v) is 18.2. The molecule has 3 aromatic rings. The second-order valence-electron chi connectivity index (χ2n) is 8.32. The summed E-state index contributed by atoms with van der Waals surface area (Å²) in [6, 6.07) is 27.0. The molecule has 0 bridgehead atoms. The largest absolute Gasteiger partial charge is 0.403 e. The molecule has 1 atom stereocenters. The molecule has 144 valence electrons. The summed E-state index contributed by atoms with van der Waals surface area (Å²) in [5.74, 6) is 0. The van der Waals surface area contributed by atoms with Crippen LogP contribution in [0.5, 0.6) is 0 Å². The first kappa shape index (κ1) is 20.2. The zero-order valence-electron chi connectivity index (χ0n) is 17.1. The monoisotopic (exact) mass is 388 g/mol. The number of hydrogen-bond acceptors (Lipinski definition) is 2. The van der Waals surface area contributed by atoms with E-state index in [1.807, 2.05) is 24.3 Å². The molecule has 3 aromatic carbocycles. The fraction of sp³-hybridized carbons (Fsp3) is 0.240. The summed E-state index contributed by atoms with van der Waals surface area (Å²) in [5, 5.41) is 2.54. The van der Waals surface area contributed by atoms with Crippen LogP contribution < -0.4 is 10.4 Å². The Kier molecular flexibility index (Phi) is 6.27. The van der Waals surface area contributed by atoms with Gasteiger partial charge in [0.25, 0.3) is 0 Å². The Labute approximate surface area is 169 Å². The standard InChI is InChI=1S/C25H28O2Si/c1-19-17-20(18-26)15-16-23(19)24(25(2,3)4)27-28(21-11-7-5-8-12-21)22-13-9-6-10-14-22/h5-18,24,28H,1-4H3. The SMILES string of the molecule is Cc1cc(C=O)ccc1C(O[SiH](c1ccccc1)c1ccccc1)C(C)(C)C. The van der Waals surface area contributed by atoms with Crippen LogP contribution in [0.15, 0.2) is 78.9 Å². The molecule has 0 aliphatic rings. The maximum absolute atomic E-state index is 11.2. The van der Waals surface area contributed by atoms with Crippen LogP contribution in [-0.2, 0) is 4.43 Å². The summed E-state index contributed by atoms with van der Waals surface area (Å²) in [6.07, 6.45) is 0.833. The van der Waals surface area contributed by atoms with E-state index in [1.165, 1.54) is 10.4 Å². The topological polar surface area (TPSA) is 26.3 Å². The summed E-state index contributed by atoms with van der Waals surface area (Å²) >= 11 is 0. The van der Waals surface area contributed by atoms with E-state index in [-0.39, 0.29) is 11.5 Å². The van der Waals surface area contributed by atoms with Crippen molar-refractivity contribution in [2.45, 2.75) is 33.8 Å². The van der Waals surface area contributed by atoms with Crippen molar-refractivity contribution >= 4 is 25.7 Å². The maximum atomic E-state index is 11.2. The molecule has 3 heteroatoms. The van der Waals surface area contributed by atoms with Crippen molar-refractivity contribution in [3.05, 3.63) is 95.6 Å². The van der Waals surface area contributed by atoms with Gasteiger partial charge >= 0.3 is 0 Å². The minimum absolute atomic E-state index is 0.0646. The summed E-state index contributed by atoms with van der Waals surface area (Å²) in [5.41, 5.74) is 2.87. The number of hydrogen-bond donors (Lipinski definition) is 0. The van der Waals surface area contributed by atoms with Crippen LogP contribution >= 0.6 is 0 Å². The summed E-state index contributed by atoms with van der Waals surface area (Å²) in [7, 11) is -1.89. The van der Waals surface area contributed by atoms with Gasteiger partial charge in [0.2, 0.25) is 9.04 Å². The molecule has 0 aliphatic heterocycles. The minimum atomic E-state index is -1.89. The molecule has 0 spiro atoms. The lowest BCUT2D eigenvalue weighted by molar-refractivity contribution is 0.0891. The van der Waals surface area contributed by atoms with E-state index in [0.29, 0.717) is 5.56 Å². The van der Waals surface area contributed by atoms with Crippen molar-refractivity contribution in [3.8, 4) is 0 Å². The van der Waals surface area contributed by atoms with Crippen LogP contribution in [0.1, 0.15) is 48.4 Å². The Morgan fingerprint density at radius 3 is 1.82 bits per heavy atom. The molecule has 0 heterocycles. The third-order valence-electron chi connectivity index (χ3n) is 4.98. The van der Waals surface area contributed by atoms with Gasteiger partial charge in [-0.25, -0.2) is 0 Å². The van der Waals surface area contributed by atoms with Gasteiger partial charge < -0.3 is 4.43 Å². The van der Waals surface area contributed by atoms with Gasteiger partial charge in [0.05, 0.1) is 6.10 Å². The molecule has 1 unspecified atom stereocenters. The third kappa shape index (κ3) is 4.67. The summed E-state index contributed by atoms with van der Waals surface area (Å²) in [6.45, 7) is 8.70. The highest BCUT2D eigenvalue weighted by Crippen LogP contribution is 2.38. The molecule has 0 saturated carbocycles. The number of aldehydes is 1.